The van der Waals surface area contributed by atoms with Crippen molar-refractivity contribution in [3.8, 4) is 0 Å². The first-order valence-electron chi connectivity index (χ1n) is 4.95. The summed E-state index contributed by atoms with van der Waals surface area (Å²) in [6.45, 7) is 6.86. The van der Waals surface area contributed by atoms with Gasteiger partial charge in [0.1, 0.15) is 0 Å². The van der Waals surface area contributed by atoms with Gasteiger partial charge in [-0.15, -0.1) is 0 Å². The van der Waals surface area contributed by atoms with Crippen LogP contribution in [0.2, 0.25) is 3.67 Å². The van der Waals surface area contributed by atoms with Crippen LogP contribution in [0.1, 0.15) is 39.5 Å². The Bertz CT molecular complexity index is 133. The second kappa shape index (κ2) is 16.0. The molecule has 4 heteroatoms. The monoisotopic (exact) mass is 228 g/mol. The summed E-state index contributed by atoms with van der Waals surface area (Å²) in [6.07, 6.45) is 5.78. The maximum atomic E-state index is 9.60. The maximum Gasteiger partial charge on any atom is -0.197 e. The molecule has 80 valence electrons. The number of unbranched alkanes of at least 4 members (excludes halogenated alkanes) is 3. The van der Waals surface area contributed by atoms with Gasteiger partial charge in [-0.25, -0.2) is 4.79 Å². The molecule has 0 saturated carbocycles. The van der Waals surface area contributed by atoms with Gasteiger partial charge in [0.2, 0.25) is 0 Å². The molecule has 14 heavy (non-hydrogen) atoms. The number of aliphatic carboxylic acids is 1. The van der Waals surface area contributed by atoms with Crippen LogP contribution in [0.3, 0.4) is 0 Å². The summed E-state index contributed by atoms with van der Waals surface area (Å²) >= 11 is 1.41. The van der Waals surface area contributed by atoms with E-state index in [2.05, 4.69) is 13.5 Å². The van der Waals surface area contributed by atoms with E-state index in [-0.39, 0.29) is 19.1 Å². The van der Waals surface area contributed by atoms with Crippen LogP contribution in [0, 0.1) is 0 Å². The predicted molar refractivity (Wildman–Crippen MR) is 67.5 cm³/mol. The van der Waals surface area contributed by atoms with Gasteiger partial charge in [0.05, 0.1) is 0 Å². The van der Waals surface area contributed by atoms with Crippen molar-refractivity contribution in [3.05, 3.63) is 12.2 Å². The zero-order valence-corrected chi connectivity index (χ0v) is 12.6. The van der Waals surface area contributed by atoms with Crippen molar-refractivity contribution in [2.75, 3.05) is 0 Å². The van der Waals surface area contributed by atoms with E-state index in [9.17, 15) is 4.79 Å². The van der Waals surface area contributed by atoms with Gasteiger partial charge in [0, 0.05) is 5.57 Å². The van der Waals surface area contributed by atoms with E-state index in [0.717, 1.165) is 0 Å². The number of rotatable bonds is 5. The Hall–Kier alpha value is 0.560. The van der Waals surface area contributed by atoms with Crippen molar-refractivity contribution < 1.29 is 9.90 Å². The summed E-state index contributed by atoms with van der Waals surface area (Å²) in [7, 11) is 0. The van der Waals surface area contributed by atoms with Crippen molar-refractivity contribution in [2.24, 2.45) is 0 Å². The van der Waals surface area contributed by atoms with Gasteiger partial charge in [-0.3, -0.25) is 0 Å². The molecule has 0 amide bonds. The van der Waals surface area contributed by atoms with E-state index in [1.54, 1.807) is 0 Å². The largest absolute Gasteiger partial charge is 0.197 e. The molecule has 0 unspecified atom stereocenters. The zero-order valence-electron chi connectivity index (χ0n) is 9.60. The minimum Gasteiger partial charge on any atom is -0.197 e. The molecular formula is C10H21NaO2S. The molecule has 0 spiro atoms. The van der Waals surface area contributed by atoms with Crippen molar-refractivity contribution in [1.82, 2.24) is 0 Å². The Labute approximate surface area is 112 Å². The van der Waals surface area contributed by atoms with Gasteiger partial charge in [0.15, 0.2) is 0 Å². The number of carboxylic acids is 1. The van der Waals surface area contributed by atoms with E-state index in [0.29, 0.717) is 0 Å². The van der Waals surface area contributed by atoms with Crippen LogP contribution in [0.25, 0.3) is 0 Å². The fraction of sp³-hybridized carbons (Fsp3) is 0.700. The van der Waals surface area contributed by atoms with Crippen LogP contribution in [-0.2, 0) is 4.79 Å². The second-order valence-corrected chi connectivity index (χ2v) is 4.15. The molecule has 2 nitrogen and oxygen atoms in total. The summed E-state index contributed by atoms with van der Waals surface area (Å²) in [5.74, 6) is -0.935. The molecule has 0 aliphatic carbocycles. The van der Waals surface area contributed by atoms with Crippen LogP contribution in [0.5, 0.6) is 0 Å². The summed E-state index contributed by atoms with van der Waals surface area (Å²) in [6, 6.07) is 0. The fourth-order valence-electron chi connectivity index (χ4n) is 0.677. The molecule has 1 N–H and O–H groups in total. The molecular weight excluding hydrogens is 207 g/mol. The zero-order chi connectivity index (χ0) is 10.7. The van der Waals surface area contributed by atoms with Crippen molar-refractivity contribution in [3.63, 3.8) is 0 Å². The third-order valence-corrected chi connectivity index (χ3v) is 2.28. The maximum absolute atomic E-state index is 9.60. The van der Waals surface area contributed by atoms with E-state index in [1.165, 1.54) is 64.2 Å². The molecule has 0 bridgehead atoms. The van der Waals surface area contributed by atoms with Crippen LogP contribution < -0.4 is 0 Å². The molecule has 0 aromatic rings. The Morgan fingerprint density at radius 2 is 1.79 bits per heavy atom. The van der Waals surface area contributed by atoms with Crippen LogP contribution in [-0.4, -0.2) is 39.0 Å². The molecule has 0 heterocycles. The minimum absolute atomic E-state index is 0. The number of hydrogen-bond donors (Lipinski definition) is 1. The van der Waals surface area contributed by atoms with Crippen LogP contribution in [0.15, 0.2) is 12.2 Å². The van der Waals surface area contributed by atoms with E-state index in [1.807, 2.05) is 0 Å². The quantitative estimate of drug-likeness (QED) is 0.446. The molecule has 0 aliphatic rings. The van der Waals surface area contributed by atoms with E-state index >= 15 is 0 Å². The summed E-state index contributed by atoms with van der Waals surface area (Å²) in [4.78, 5) is 9.60. The molecule has 0 aliphatic heterocycles. The van der Waals surface area contributed by atoms with E-state index < -0.39 is 5.97 Å². The minimum atomic E-state index is -0.935. The third kappa shape index (κ3) is 22.9. The number of carbonyl (C=O) groups is 1. The average molecular weight is 228 g/mol. The first-order chi connectivity index (χ1) is 6.06. The Balaban J connectivity index is -0.000000163. The average Bonchev–Trinajstić information content (AvgIpc) is 2.06. The Morgan fingerprint density at radius 1 is 1.36 bits per heavy atom. The fourth-order valence-corrected chi connectivity index (χ4v) is 1.18. The SMILES string of the molecule is C=C(C)C(=O)O.CCCCC[CH2][Na].S. The second-order valence-electron chi connectivity index (χ2n) is 3.15. The van der Waals surface area contributed by atoms with Crippen LogP contribution >= 0.6 is 13.5 Å². The first-order valence-corrected chi connectivity index (χ1v) is 6.36. The van der Waals surface area contributed by atoms with Crippen molar-refractivity contribution >= 4 is 47.4 Å². The van der Waals surface area contributed by atoms with Crippen LogP contribution in [0.4, 0.5) is 0 Å². The molecule has 0 aromatic carbocycles. The van der Waals surface area contributed by atoms with Crippen molar-refractivity contribution in [1.29, 1.82) is 0 Å². The molecule has 0 fully saturated rings. The first kappa shape index (κ1) is 20.0. The van der Waals surface area contributed by atoms with Gasteiger partial charge < -0.3 is 5.11 Å². The molecule has 0 aromatic heterocycles. The van der Waals surface area contributed by atoms with E-state index in [4.69, 9.17) is 5.11 Å². The Kier molecular flexibility index (Phi) is 22.9. The van der Waals surface area contributed by atoms with Gasteiger partial charge >= 0.3 is 70.2 Å². The smallest absolute Gasteiger partial charge is 0.197 e. The topological polar surface area (TPSA) is 37.3 Å². The standard InChI is InChI=1S/C6H13.C4H6O2.Na.H2S/c1-3-5-6-4-2;1-3(2)4(5)6;;/h1,3-6H2,2H3;1H2,2H3,(H,5,6);;1H2. The Morgan fingerprint density at radius 3 is 2.00 bits per heavy atom. The molecule has 0 rings (SSSR count). The van der Waals surface area contributed by atoms with Crippen molar-refractivity contribution in [2.45, 2.75) is 43.2 Å². The number of hydrogen-bond acceptors (Lipinski definition) is 1. The predicted octanol–water partition coefficient (Wildman–Crippen LogP) is 2.91. The number of carboxylic acid groups (broad SMARTS) is 1. The third-order valence-electron chi connectivity index (χ3n) is 1.57. The van der Waals surface area contributed by atoms with Gasteiger partial charge in [-0.1, -0.05) is 6.58 Å². The summed E-state index contributed by atoms with van der Waals surface area (Å²) < 4.78 is 1.50. The molecule has 0 atom stereocenters. The summed E-state index contributed by atoms with van der Waals surface area (Å²) in [5, 5.41) is 7.89. The normalized spacial score (nSPS) is 8.00. The van der Waals surface area contributed by atoms with Gasteiger partial charge in [0.25, 0.3) is 0 Å². The molecule has 0 saturated heterocycles. The molecule has 0 radical (unpaired) electrons. The summed E-state index contributed by atoms with van der Waals surface area (Å²) in [5.41, 5.74) is 0.176. The van der Waals surface area contributed by atoms with Gasteiger partial charge in [-0.2, -0.15) is 13.5 Å². The van der Waals surface area contributed by atoms with Gasteiger partial charge in [-0.05, 0) is 6.92 Å².